The second kappa shape index (κ2) is 3.11. The Morgan fingerprint density at radius 3 is 3.00 bits per heavy atom. The lowest BCUT2D eigenvalue weighted by atomic mass is 10.4. The van der Waals surface area contributed by atoms with E-state index < -0.39 is 5.91 Å². The molecular formula is C5H9N5O. The largest absolute Gasteiger partial charge is 0.368 e. The fourth-order valence-electron chi connectivity index (χ4n) is 0.718. The van der Waals surface area contributed by atoms with Crippen LogP contribution in [0.5, 0.6) is 0 Å². The molecule has 1 heterocycles. The lowest BCUT2D eigenvalue weighted by Gasteiger charge is -1.98. The van der Waals surface area contributed by atoms with Crippen LogP contribution >= 0.6 is 0 Å². The van der Waals surface area contributed by atoms with Crippen LogP contribution in [-0.2, 0) is 17.9 Å². The second-order valence-electron chi connectivity index (χ2n) is 2.05. The summed E-state index contributed by atoms with van der Waals surface area (Å²) in [5, 5.41) is 7.18. The summed E-state index contributed by atoms with van der Waals surface area (Å²) in [5.74, 6) is -0.454. The highest BCUT2D eigenvalue weighted by Crippen LogP contribution is 1.92. The predicted octanol–water partition coefficient (Wildman–Crippen LogP) is -1.78. The molecular weight excluding hydrogens is 146 g/mol. The Kier molecular flexibility index (Phi) is 2.17. The van der Waals surface area contributed by atoms with Crippen molar-refractivity contribution in [3.8, 4) is 0 Å². The van der Waals surface area contributed by atoms with Crippen LogP contribution in [0.15, 0.2) is 6.20 Å². The zero-order valence-corrected chi connectivity index (χ0v) is 5.90. The molecule has 0 bridgehead atoms. The van der Waals surface area contributed by atoms with Crippen molar-refractivity contribution in [3.05, 3.63) is 11.9 Å². The zero-order valence-electron chi connectivity index (χ0n) is 5.90. The van der Waals surface area contributed by atoms with E-state index in [0.717, 1.165) is 0 Å². The predicted molar refractivity (Wildman–Crippen MR) is 37.1 cm³/mol. The normalized spacial score (nSPS) is 9.91. The van der Waals surface area contributed by atoms with Crippen LogP contribution in [0.25, 0.3) is 0 Å². The molecule has 1 amide bonds. The van der Waals surface area contributed by atoms with Gasteiger partial charge >= 0.3 is 0 Å². The van der Waals surface area contributed by atoms with Crippen LogP contribution in [0.4, 0.5) is 0 Å². The number of carbonyl (C=O) groups is 1. The van der Waals surface area contributed by atoms with Crippen LogP contribution in [0, 0.1) is 0 Å². The highest BCUT2D eigenvalue weighted by atomic mass is 16.1. The van der Waals surface area contributed by atoms with Crippen LogP contribution in [0.1, 0.15) is 5.69 Å². The third kappa shape index (κ3) is 1.74. The SMILES string of the molecule is NCc1cnnn1CC(N)=O. The third-order valence-corrected chi connectivity index (χ3v) is 1.21. The van der Waals surface area contributed by atoms with Gasteiger partial charge in [0.25, 0.3) is 0 Å². The number of hydrogen-bond donors (Lipinski definition) is 2. The number of primary amides is 1. The number of rotatable bonds is 3. The van der Waals surface area contributed by atoms with Gasteiger partial charge in [-0.3, -0.25) is 4.79 Å². The number of carbonyl (C=O) groups excluding carboxylic acids is 1. The van der Waals surface area contributed by atoms with Crippen molar-refractivity contribution in [2.75, 3.05) is 0 Å². The minimum atomic E-state index is -0.454. The highest BCUT2D eigenvalue weighted by molar-refractivity contribution is 5.73. The van der Waals surface area contributed by atoms with Gasteiger partial charge in [0.2, 0.25) is 5.91 Å². The molecule has 0 aliphatic heterocycles. The maximum Gasteiger partial charge on any atom is 0.239 e. The molecule has 0 fully saturated rings. The summed E-state index contributed by atoms with van der Waals surface area (Å²) >= 11 is 0. The first-order valence-electron chi connectivity index (χ1n) is 3.09. The van der Waals surface area contributed by atoms with Gasteiger partial charge in [-0.1, -0.05) is 5.21 Å². The van der Waals surface area contributed by atoms with Gasteiger partial charge in [-0.05, 0) is 0 Å². The molecule has 0 unspecified atom stereocenters. The second-order valence-corrected chi connectivity index (χ2v) is 2.05. The van der Waals surface area contributed by atoms with Crippen LogP contribution in [0.2, 0.25) is 0 Å². The van der Waals surface area contributed by atoms with Crippen LogP contribution in [-0.4, -0.2) is 20.9 Å². The number of nitrogens with two attached hydrogens (primary N) is 2. The molecule has 6 heteroatoms. The van der Waals surface area contributed by atoms with Gasteiger partial charge in [-0.2, -0.15) is 0 Å². The first-order valence-corrected chi connectivity index (χ1v) is 3.09. The van der Waals surface area contributed by atoms with Crippen LogP contribution < -0.4 is 11.5 Å². The van der Waals surface area contributed by atoms with E-state index in [1.807, 2.05) is 0 Å². The molecule has 60 valence electrons. The zero-order chi connectivity index (χ0) is 8.27. The monoisotopic (exact) mass is 155 g/mol. The molecule has 1 aromatic heterocycles. The fraction of sp³-hybridized carbons (Fsp3) is 0.400. The number of aromatic nitrogens is 3. The van der Waals surface area contributed by atoms with Crippen molar-refractivity contribution in [2.24, 2.45) is 11.5 Å². The summed E-state index contributed by atoms with van der Waals surface area (Å²) in [6, 6.07) is 0. The molecule has 0 saturated heterocycles. The van der Waals surface area contributed by atoms with E-state index in [-0.39, 0.29) is 6.54 Å². The standard InChI is InChI=1S/C5H9N5O/c6-1-4-2-8-9-10(4)3-5(7)11/h2H,1,3,6H2,(H2,7,11). The molecule has 0 atom stereocenters. The van der Waals surface area contributed by atoms with Gasteiger partial charge in [0.15, 0.2) is 0 Å². The molecule has 0 radical (unpaired) electrons. The Morgan fingerprint density at radius 1 is 1.73 bits per heavy atom. The van der Waals surface area contributed by atoms with E-state index >= 15 is 0 Å². The lowest BCUT2D eigenvalue weighted by molar-refractivity contribution is -0.118. The molecule has 0 aliphatic carbocycles. The summed E-state index contributed by atoms with van der Waals surface area (Å²) in [5.41, 5.74) is 11.0. The van der Waals surface area contributed by atoms with E-state index in [0.29, 0.717) is 12.2 Å². The molecule has 0 spiro atoms. The number of nitrogens with zero attached hydrogens (tertiary/aromatic N) is 3. The summed E-state index contributed by atoms with van der Waals surface area (Å²) < 4.78 is 1.38. The number of hydrogen-bond acceptors (Lipinski definition) is 4. The van der Waals surface area contributed by atoms with Gasteiger partial charge in [0, 0.05) is 6.54 Å². The van der Waals surface area contributed by atoms with Crippen molar-refractivity contribution in [1.29, 1.82) is 0 Å². The van der Waals surface area contributed by atoms with E-state index in [2.05, 4.69) is 10.3 Å². The van der Waals surface area contributed by atoms with Gasteiger partial charge in [0.05, 0.1) is 11.9 Å². The average Bonchev–Trinajstić information content (AvgIpc) is 2.34. The molecule has 0 aliphatic rings. The van der Waals surface area contributed by atoms with Crippen molar-refractivity contribution >= 4 is 5.91 Å². The Bertz CT molecular complexity index is 255. The molecule has 6 nitrogen and oxygen atoms in total. The van der Waals surface area contributed by atoms with E-state index in [1.54, 1.807) is 0 Å². The molecule has 4 N–H and O–H groups in total. The maximum atomic E-state index is 10.4. The first-order chi connectivity index (χ1) is 5.24. The summed E-state index contributed by atoms with van der Waals surface area (Å²) in [4.78, 5) is 10.4. The van der Waals surface area contributed by atoms with E-state index in [4.69, 9.17) is 11.5 Å². The minimum absolute atomic E-state index is 0.0343. The summed E-state index contributed by atoms with van der Waals surface area (Å²) in [6.45, 7) is 0.340. The Labute approximate surface area is 63.2 Å². The Morgan fingerprint density at radius 2 is 2.45 bits per heavy atom. The average molecular weight is 155 g/mol. The molecule has 0 saturated carbocycles. The Hall–Kier alpha value is -1.43. The van der Waals surface area contributed by atoms with Crippen molar-refractivity contribution in [1.82, 2.24) is 15.0 Å². The van der Waals surface area contributed by atoms with Gasteiger partial charge < -0.3 is 11.5 Å². The quantitative estimate of drug-likeness (QED) is 0.539. The minimum Gasteiger partial charge on any atom is -0.368 e. The summed E-state index contributed by atoms with van der Waals surface area (Å²) in [7, 11) is 0. The molecule has 1 rings (SSSR count). The van der Waals surface area contributed by atoms with Crippen molar-refractivity contribution in [3.63, 3.8) is 0 Å². The smallest absolute Gasteiger partial charge is 0.239 e. The highest BCUT2D eigenvalue weighted by Gasteiger charge is 2.03. The fourth-order valence-corrected chi connectivity index (χ4v) is 0.718. The molecule has 11 heavy (non-hydrogen) atoms. The maximum absolute atomic E-state index is 10.4. The lowest BCUT2D eigenvalue weighted by Crippen LogP contribution is -2.21. The molecule has 0 aromatic carbocycles. The molecule has 1 aromatic rings. The van der Waals surface area contributed by atoms with Gasteiger partial charge in [0.1, 0.15) is 6.54 Å². The summed E-state index contributed by atoms with van der Waals surface area (Å²) in [6.07, 6.45) is 1.50. The van der Waals surface area contributed by atoms with Crippen LogP contribution in [0.3, 0.4) is 0 Å². The first kappa shape index (κ1) is 7.67. The number of amides is 1. The van der Waals surface area contributed by atoms with Crippen molar-refractivity contribution < 1.29 is 4.79 Å². The van der Waals surface area contributed by atoms with Crippen molar-refractivity contribution in [2.45, 2.75) is 13.1 Å². The van der Waals surface area contributed by atoms with E-state index in [9.17, 15) is 4.79 Å². The van der Waals surface area contributed by atoms with E-state index in [1.165, 1.54) is 10.9 Å². The Balaban J connectivity index is 2.76. The third-order valence-electron chi connectivity index (χ3n) is 1.21. The topological polar surface area (TPSA) is 99.8 Å². The van der Waals surface area contributed by atoms with Gasteiger partial charge in [-0.15, -0.1) is 5.10 Å². The van der Waals surface area contributed by atoms with Gasteiger partial charge in [-0.25, -0.2) is 4.68 Å².